The first kappa shape index (κ1) is 28.5. The lowest BCUT2D eigenvalue weighted by Crippen LogP contribution is -2.55. The van der Waals surface area contributed by atoms with Gasteiger partial charge in [0.2, 0.25) is 11.8 Å². The van der Waals surface area contributed by atoms with Crippen LogP contribution in [-0.4, -0.2) is 60.7 Å². The van der Waals surface area contributed by atoms with Gasteiger partial charge in [0, 0.05) is 39.0 Å². The van der Waals surface area contributed by atoms with Crippen molar-refractivity contribution in [1.29, 1.82) is 0 Å². The molecule has 0 spiro atoms. The fourth-order valence-corrected chi connectivity index (χ4v) is 5.00. The van der Waals surface area contributed by atoms with Crippen LogP contribution in [0.3, 0.4) is 0 Å². The molecule has 4 rings (SSSR count). The van der Waals surface area contributed by atoms with Crippen molar-refractivity contribution < 1.29 is 14.4 Å². The van der Waals surface area contributed by atoms with Crippen LogP contribution >= 0.6 is 0 Å². The van der Waals surface area contributed by atoms with Crippen molar-refractivity contribution in [1.82, 2.24) is 15.1 Å². The van der Waals surface area contributed by atoms with E-state index in [4.69, 9.17) is 5.73 Å². The second-order valence-corrected chi connectivity index (χ2v) is 10.1. The zero-order valence-electron chi connectivity index (χ0n) is 23.2. The number of nitrogens with one attached hydrogen (secondary N) is 1. The number of rotatable bonds is 11. The smallest absolute Gasteiger partial charge is 0.254 e. The summed E-state index contributed by atoms with van der Waals surface area (Å²) in [4.78, 5) is 43.2. The number of nitrogens with zero attached hydrogens (tertiary/aromatic N) is 2. The van der Waals surface area contributed by atoms with Gasteiger partial charge in [-0.05, 0) is 46.6 Å². The number of carbonyl (C=O) groups excluding carboxylic acids is 3. The monoisotopic (exact) mass is 536 g/mol. The van der Waals surface area contributed by atoms with E-state index in [1.54, 1.807) is 20.2 Å². The molecule has 3 N–H and O–H groups in total. The van der Waals surface area contributed by atoms with E-state index in [1.165, 1.54) is 9.80 Å². The highest BCUT2D eigenvalue weighted by Gasteiger charge is 2.34. The first-order chi connectivity index (χ1) is 19.3. The summed E-state index contributed by atoms with van der Waals surface area (Å²) in [5.41, 5.74) is 9.05. The molecule has 40 heavy (non-hydrogen) atoms. The molecule has 7 heteroatoms. The molecular weight excluding hydrogens is 500 g/mol. The maximum absolute atomic E-state index is 14.1. The Morgan fingerprint density at radius 1 is 0.700 bits per heavy atom. The number of hydrogen-bond acceptors (Lipinski definition) is 4. The Morgan fingerprint density at radius 3 is 2.05 bits per heavy atom. The third-order valence-electron chi connectivity index (χ3n) is 7.29. The Balaban J connectivity index is 1.67. The van der Waals surface area contributed by atoms with E-state index in [-0.39, 0.29) is 24.7 Å². The van der Waals surface area contributed by atoms with Crippen molar-refractivity contribution in [3.05, 3.63) is 119 Å². The molecule has 0 aromatic heterocycles. The van der Waals surface area contributed by atoms with E-state index >= 15 is 0 Å². The molecule has 0 aliphatic carbocycles. The van der Waals surface area contributed by atoms with Gasteiger partial charge in [-0.25, -0.2) is 0 Å². The zero-order valence-corrected chi connectivity index (χ0v) is 23.2. The molecule has 0 saturated heterocycles. The quantitative estimate of drug-likeness (QED) is 0.305. The van der Waals surface area contributed by atoms with Crippen molar-refractivity contribution in [3.63, 3.8) is 0 Å². The molecule has 4 aromatic rings. The van der Waals surface area contributed by atoms with Crippen molar-refractivity contribution in [2.45, 2.75) is 31.5 Å². The number of likely N-dealkylation sites (N-methyl/N-ethyl adjacent to an activating group) is 2. The summed E-state index contributed by atoms with van der Waals surface area (Å²) in [6, 6.07) is 29.1. The van der Waals surface area contributed by atoms with Crippen LogP contribution in [0.5, 0.6) is 0 Å². The molecule has 4 aromatic carbocycles. The van der Waals surface area contributed by atoms with Crippen molar-refractivity contribution >= 4 is 28.5 Å². The number of fused-ring (bicyclic) bond motifs is 1. The fraction of sp³-hybridized carbons (Fsp3) is 0.242. The van der Waals surface area contributed by atoms with E-state index in [0.717, 1.165) is 27.5 Å². The van der Waals surface area contributed by atoms with Crippen LogP contribution in [0.15, 0.2) is 97.1 Å². The molecule has 0 saturated carbocycles. The predicted octanol–water partition coefficient (Wildman–Crippen LogP) is 3.80. The average molecular weight is 537 g/mol. The van der Waals surface area contributed by atoms with Gasteiger partial charge in [0.1, 0.15) is 12.1 Å². The van der Waals surface area contributed by atoms with Gasteiger partial charge in [0.05, 0.1) is 0 Å². The lowest BCUT2D eigenvalue weighted by molar-refractivity contribution is -0.141. The Morgan fingerprint density at radius 2 is 1.35 bits per heavy atom. The number of nitrogens with two attached hydrogens (primary N) is 1. The van der Waals surface area contributed by atoms with Crippen LogP contribution in [0, 0.1) is 0 Å². The SMILES string of the molecule is CNCc1cccc(C(=O)N(C)[C@H](Cc2ccc3ccccc3c2)C(=O)N(C)[C@H](Cc2ccccc2)C(N)=O)c1. The summed E-state index contributed by atoms with van der Waals surface area (Å²) in [6.07, 6.45) is 0.564. The highest BCUT2D eigenvalue weighted by Crippen LogP contribution is 2.21. The summed E-state index contributed by atoms with van der Waals surface area (Å²) in [5, 5.41) is 5.24. The van der Waals surface area contributed by atoms with Crippen LogP contribution in [0.25, 0.3) is 10.8 Å². The standard InChI is InChI=1S/C33H36N4O3/c1-35-22-25-12-9-15-28(19-25)32(39)37(3)30(21-24-16-17-26-13-7-8-14-27(26)18-24)33(40)36(2)29(31(34)38)20-23-10-5-4-6-11-23/h4-19,29-30,35H,20-22H2,1-3H3,(H2,34,38)/t29-,30-/m1/s1. The van der Waals surface area contributed by atoms with E-state index in [9.17, 15) is 14.4 Å². The zero-order chi connectivity index (χ0) is 28.6. The normalized spacial score (nSPS) is 12.5. The van der Waals surface area contributed by atoms with Gasteiger partial charge in [0.25, 0.3) is 5.91 Å². The van der Waals surface area contributed by atoms with Gasteiger partial charge in [0.15, 0.2) is 0 Å². The van der Waals surface area contributed by atoms with E-state index in [0.29, 0.717) is 12.1 Å². The van der Waals surface area contributed by atoms with Crippen LogP contribution in [0.4, 0.5) is 0 Å². The molecular formula is C33H36N4O3. The summed E-state index contributed by atoms with van der Waals surface area (Å²) in [7, 11) is 5.07. The number of primary amides is 1. The Kier molecular flexibility index (Phi) is 9.30. The molecule has 0 bridgehead atoms. The summed E-state index contributed by atoms with van der Waals surface area (Å²) < 4.78 is 0. The van der Waals surface area contributed by atoms with Gasteiger partial charge in [-0.1, -0.05) is 84.9 Å². The number of amides is 3. The lowest BCUT2D eigenvalue weighted by Gasteiger charge is -2.34. The largest absolute Gasteiger partial charge is 0.368 e. The Bertz CT molecular complexity index is 1490. The molecule has 0 heterocycles. The highest BCUT2D eigenvalue weighted by molar-refractivity contribution is 5.98. The fourth-order valence-electron chi connectivity index (χ4n) is 5.00. The van der Waals surface area contributed by atoms with Gasteiger partial charge in [-0.15, -0.1) is 0 Å². The molecule has 206 valence electrons. The number of carbonyl (C=O) groups is 3. The van der Waals surface area contributed by atoms with Crippen LogP contribution in [0.2, 0.25) is 0 Å². The van der Waals surface area contributed by atoms with Gasteiger partial charge in [-0.3, -0.25) is 14.4 Å². The topological polar surface area (TPSA) is 95.7 Å². The molecule has 3 amide bonds. The highest BCUT2D eigenvalue weighted by atomic mass is 16.2. The first-order valence-corrected chi connectivity index (χ1v) is 13.4. The van der Waals surface area contributed by atoms with Gasteiger partial charge in [-0.2, -0.15) is 0 Å². The minimum atomic E-state index is -0.864. The summed E-state index contributed by atoms with van der Waals surface area (Å²) in [5.74, 6) is -1.22. The molecule has 0 unspecified atom stereocenters. The van der Waals surface area contributed by atoms with Crippen LogP contribution < -0.4 is 11.1 Å². The molecule has 0 radical (unpaired) electrons. The van der Waals surface area contributed by atoms with Gasteiger partial charge >= 0.3 is 0 Å². The van der Waals surface area contributed by atoms with Crippen LogP contribution in [0.1, 0.15) is 27.0 Å². The van der Waals surface area contributed by atoms with Crippen molar-refractivity contribution in [2.24, 2.45) is 5.73 Å². The number of hydrogen-bond donors (Lipinski definition) is 2. The van der Waals surface area contributed by atoms with E-state index in [1.807, 2.05) is 98.0 Å². The molecule has 0 aliphatic rings. The van der Waals surface area contributed by atoms with Crippen molar-refractivity contribution in [3.8, 4) is 0 Å². The predicted molar refractivity (Wildman–Crippen MR) is 159 cm³/mol. The second-order valence-electron chi connectivity index (χ2n) is 10.1. The molecule has 0 aliphatic heterocycles. The number of benzene rings is 4. The second kappa shape index (κ2) is 13.0. The Hall–Kier alpha value is -4.49. The third-order valence-corrected chi connectivity index (χ3v) is 7.29. The van der Waals surface area contributed by atoms with E-state index in [2.05, 4.69) is 5.32 Å². The lowest BCUT2D eigenvalue weighted by atomic mass is 9.98. The van der Waals surface area contributed by atoms with Gasteiger partial charge < -0.3 is 20.9 Å². The maximum Gasteiger partial charge on any atom is 0.254 e. The summed E-state index contributed by atoms with van der Waals surface area (Å²) in [6.45, 7) is 0.618. The van der Waals surface area contributed by atoms with Crippen LogP contribution in [-0.2, 0) is 29.0 Å². The minimum absolute atomic E-state index is 0.274. The van der Waals surface area contributed by atoms with Crippen molar-refractivity contribution in [2.75, 3.05) is 21.1 Å². The third kappa shape index (κ3) is 6.74. The molecule has 7 nitrogen and oxygen atoms in total. The maximum atomic E-state index is 14.1. The molecule has 0 fully saturated rings. The Labute approximate surface area is 235 Å². The molecule has 2 atom stereocenters. The summed E-state index contributed by atoms with van der Waals surface area (Å²) >= 11 is 0. The minimum Gasteiger partial charge on any atom is -0.368 e. The first-order valence-electron chi connectivity index (χ1n) is 13.4. The average Bonchev–Trinajstić information content (AvgIpc) is 2.98. The van der Waals surface area contributed by atoms with E-state index < -0.39 is 18.0 Å².